The van der Waals surface area contributed by atoms with Crippen molar-refractivity contribution in [3.8, 4) is 0 Å². The summed E-state index contributed by atoms with van der Waals surface area (Å²) in [6.07, 6.45) is 2.96. The van der Waals surface area contributed by atoms with Gasteiger partial charge in [-0.25, -0.2) is 0 Å². The van der Waals surface area contributed by atoms with E-state index < -0.39 is 0 Å². The zero-order chi connectivity index (χ0) is 20.6. The monoisotopic (exact) mass is 391 g/mol. The molecular formula is C23H25N3O3. The molecule has 0 bridgehead atoms. The molecule has 2 N–H and O–H groups in total. The molecule has 2 aromatic rings. The molecule has 0 saturated carbocycles. The van der Waals surface area contributed by atoms with Crippen molar-refractivity contribution in [2.24, 2.45) is 5.92 Å². The van der Waals surface area contributed by atoms with Gasteiger partial charge in [0, 0.05) is 42.4 Å². The summed E-state index contributed by atoms with van der Waals surface area (Å²) < 4.78 is 0. The van der Waals surface area contributed by atoms with Gasteiger partial charge in [0.25, 0.3) is 11.8 Å². The predicted molar refractivity (Wildman–Crippen MR) is 113 cm³/mol. The number of nitrogens with zero attached hydrogens (tertiary/aromatic N) is 1. The lowest BCUT2D eigenvalue weighted by molar-refractivity contribution is -0.126. The molecule has 2 aromatic carbocycles. The Kier molecular flexibility index (Phi) is 6.79. The van der Waals surface area contributed by atoms with Crippen LogP contribution in [0.4, 0.5) is 5.69 Å². The van der Waals surface area contributed by atoms with Gasteiger partial charge in [0.15, 0.2) is 0 Å². The van der Waals surface area contributed by atoms with Crippen LogP contribution in [0.2, 0.25) is 0 Å². The number of anilines is 1. The summed E-state index contributed by atoms with van der Waals surface area (Å²) >= 11 is 0. The Hall–Kier alpha value is -3.41. The van der Waals surface area contributed by atoms with E-state index in [1.165, 1.54) is 0 Å². The van der Waals surface area contributed by atoms with Gasteiger partial charge < -0.3 is 15.5 Å². The first-order chi connectivity index (χ1) is 14.1. The third-order valence-corrected chi connectivity index (χ3v) is 5.00. The molecule has 0 radical (unpaired) electrons. The number of rotatable bonds is 6. The summed E-state index contributed by atoms with van der Waals surface area (Å²) in [5, 5.41) is 5.64. The molecule has 1 fully saturated rings. The maximum Gasteiger partial charge on any atom is 0.255 e. The van der Waals surface area contributed by atoms with Gasteiger partial charge in [0.1, 0.15) is 0 Å². The molecule has 0 unspecified atom stereocenters. The standard InChI is InChI=1S/C23H25N3O3/c1-2-14-24-21(27)18-12-15-26(16-13-18)23(29)19-8-10-20(11-9-19)25-22(28)17-6-4-3-5-7-17/h2-11,18H,1,12-16H2,(H,24,27)(H,25,28). The predicted octanol–water partition coefficient (Wildman–Crippen LogP) is 3.09. The highest BCUT2D eigenvalue weighted by Gasteiger charge is 2.27. The Labute approximate surface area is 170 Å². The van der Waals surface area contributed by atoms with Crippen LogP contribution in [0.25, 0.3) is 0 Å². The fraction of sp³-hybridized carbons (Fsp3) is 0.261. The van der Waals surface area contributed by atoms with Crippen molar-refractivity contribution in [1.82, 2.24) is 10.2 Å². The number of amides is 3. The number of carbonyl (C=O) groups is 3. The third-order valence-electron chi connectivity index (χ3n) is 5.00. The summed E-state index contributed by atoms with van der Waals surface area (Å²) in [4.78, 5) is 38.7. The van der Waals surface area contributed by atoms with E-state index in [0.29, 0.717) is 49.3 Å². The highest BCUT2D eigenvalue weighted by molar-refractivity contribution is 6.04. The lowest BCUT2D eigenvalue weighted by Gasteiger charge is -2.31. The van der Waals surface area contributed by atoms with Crippen LogP contribution in [0.15, 0.2) is 67.3 Å². The zero-order valence-corrected chi connectivity index (χ0v) is 16.3. The minimum atomic E-state index is -0.193. The number of carbonyl (C=O) groups excluding carboxylic acids is 3. The van der Waals surface area contributed by atoms with Gasteiger partial charge in [0.2, 0.25) is 5.91 Å². The van der Waals surface area contributed by atoms with Gasteiger partial charge in [-0.1, -0.05) is 24.3 Å². The minimum absolute atomic E-state index is 0.0236. The van der Waals surface area contributed by atoms with Gasteiger partial charge in [-0.05, 0) is 49.2 Å². The second-order valence-electron chi connectivity index (χ2n) is 7.00. The molecule has 3 rings (SSSR count). The maximum absolute atomic E-state index is 12.7. The molecule has 0 spiro atoms. The summed E-state index contributed by atoms with van der Waals surface area (Å²) in [6.45, 7) is 5.16. The number of nitrogens with one attached hydrogen (secondary N) is 2. The quantitative estimate of drug-likeness (QED) is 0.743. The van der Waals surface area contributed by atoms with Crippen molar-refractivity contribution in [2.75, 3.05) is 25.0 Å². The van der Waals surface area contributed by atoms with Gasteiger partial charge >= 0.3 is 0 Å². The van der Waals surface area contributed by atoms with Crippen LogP contribution < -0.4 is 10.6 Å². The molecule has 6 heteroatoms. The molecule has 29 heavy (non-hydrogen) atoms. The molecule has 3 amide bonds. The molecule has 150 valence electrons. The Bertz CT molecular complexity index is 870. The molecule has 0 atom stereocenters. The highest BCUT2D eigenvalue weighted by atomic mass is 16.2. The van der Waals surface area contributed by atoms with E-state index in [-0.39, 0.29) is 23.6 Å². The van der Waals surface area contributed by atoms with Gasteiger partial charge in [-0.15, -0.1) is 6.58 Å². The number of hydrogen-bond donors (Lipinski definition) is 2. The van der Waals surface area contributed by atoms with E-state index in [1.807, 2.05) is 18.2 Å². The summed E-state index contributed by atoms with van der Waals surface area (Å²) in [5.74, 6) is -0.289. The number of likely N-dealkylation sites (tertiary alicyclic amines) is 1. The second-order valence-corrected chi connectivity index (χ2v) is 7.00. The van der Waals surface area contributed by atoms with Crippen molar-refractivity contribution in [1.29, 1.82) is 0 Å². The van der Waals surface area contributed by atoms with Crippen LogP contribution >= 0.6 is 0 Å². The fourth-order valence-electron chi connectivity index (χ4n) is 3.33. The maximum atomic E-state index is 12.7. The van der Waals surface area contributed by atoms with Crippen LogP contribution in [-0.4, -0.2) is 42.3 Å². The molecule has 1 heterocycles. The summed E-state index contributed by atoms with van der Waals surface area (Å²) in [5.41, 5.74) is 1.78. The average Bonchev–Trinajstić information content (AvgIpc) is 2.78. The Morgan fingerprint density at radius 3 is 2.24 bits per heavy atom. The molecule has 6 nitrogen and oxygen atoms in total. The van der Waals surface area contributed by atoms with Crippen LogP contribution in [0.1, 0.15) is 33.6 Å². The summed E-state index contributed by atoms with van der Waals surface area (Å²) in [7, 11) is 0. The van der Waals surface area contributed by atoms with Gasteiger partial charge in [-0.2, -0.15) is 0 Å². The minimum Gasteiger partial charge on any atom is -0.352 e. The van der Waals surface area contributed by atoms with E-state index in [2.05, 4.69) is 17.2 Å². The molecule has 0 aromatic heterocycles. The largest absolute Gasteiger partial charge is 0.352 e. The molecule has 0 aliphatic carbocycles. The third kappa shape index (κ3) is 5.31. The first kappa shape index (κ1) is 20.3. The summed E-state index contributed by atoms with van der Waals surface area (Å²) in [6, 6.07) is 15.8. The van der Waals surface area contributed by atoms with Crippen LogP contribution in [0.5, 0.6) is 0 Å². The van der Waals surface area contributed by atoms with Crippen LogP contribution in [-0.2, 0) is 4.79 Å². The lowest BCUT2D eigenvalue weighted by atomic mass is 9.95. The van der Waals surface area contributed by atoms with E-state index in [9.17, 15) is 14.4 Å². The van der Waals surface area contributed by atoms with E-state index in [4.69, 9.17) is 0 Å². The normalized spacial score (nSPS) is 14.1. The molecule has 1 saturated heterocycles. The number of hydrogen-bond acceptors (Lipinski definition) is 3. The molecule has 1 aliphatic heterocycles. The second kappa shape index (κ2) is 9.68. The van der Waals surface area contributed by atoms with Crippen molar-refractivity contribution in [3.63, 3.8) is 0 Å². The fourth-order valence-corrected chi connectivity index (χ4v) is 3.33. The zero-order valence-electron chi connectivity index (χ0n) is 16.3. The molecular weight excluding hydrogens is 366 g/mol. The van der Waals surface area contributed by atoms with Crippen molar-refractivity contribution < 1.29 is 14.4 Å². The van der Waals surface area contributed by atoms with E-state index in [1.54, 1.807) is 47.4 Å². The first-order valence-electron chi connectivity index (χ1n) is 9.73. The Balaban J connectivity index is 1.54. The topological polar surface area (TPSA) is 78.5 Å². The average molecular weight is 391 g/mol. The van der Waals surface area contributed by atoms with Gasteiger partial charge in [-0.3, -0.25) is 14.4 Å². The SMILES string of the molecule is C=CCNC(=O)C1CCN(C(=O)c2ccc(NC(=O)c3ccccc3)cc2)CC1. The lowest BCUT2D eigenvalue weighted by Crippen LogP contribution is -2.43. The Morgan fingerprint density at radius 2 is 1.62 bits per heavy atom. The number of piperidine rings is 1. The van der Waals surface area contributed by atoms with Crippen molar-refractivity contribution in [2.45, 2.75) is 12.8 Å². The highest BCUT2D eigenvalue weighted by Crippen LogP contribution is 2.20. The van der Waals surface area contributed by atoms with E-state index in [0.717, 1.165) is 0 Å². The van der Waals surface area contributed by atoms with Crippen molar-refractivity contribution >= 4 is 23.4 Å². The van der Waals surface area contributed by atoms with Gasteiger partial charge in [0.05, 0.1) is 0 Å². The molecule has 1 aliphatic rings. The number of benzene rings is 2. The smallest absolute Gasteiger partial charge is 0.255 e. The Morgan fingerprint density at radius 1 is 0.966 bits per heavy atom. The van der Waals surface area contributed by atoms with E-state index >= 15 is 0 Å². The van der Waals surface area contributed by atoms with Crippen LogP contribution in [0, 0.1) is 5.92 Å². The van der Waals surface area contributed by atoms with Crippen LogP contribution in [0.3, 0.4) is 0 Å². The first-order valence-corrected chi connectivity index (χ1v) is 9.73. The van der Waals surface area contributed by atoms with Crippen molar-refractivity contribution in [3.05, 3.63) is 78.4 Å².